The Hall–Kier alpha value is -1.65. The largest absolute Gasteiger partial charge is 0.322 e. The van der Waals surface area contributed by atoms with Gasteiger partial charge in [-0.05, 0) is 30.2 Å². The number of H-pyrrole nitrogens is 1. The Morgan fingerprint density at radius 2 is 2.17 bits per heavy atom. The number of nitrogens with zero attached hydrogens (tertiary/aromatic N) is 1. The van der Waals surface area contributed by atoms with E-state index in [-0.39, 0.29) is 5.56 Å². The van der Waals surface area contributed by atoms with Gasteiger partial charge in [-0.25, -0.2) is 0 Å². The molecule has 0 aliphatic rings. The number of aromatic nitrogens is 2. The van der Waals surface area contributed by atoms with E-state index in [1.807, 2.05) is 25.3 Å². The van der Waals surface area contributed by atoms with E-state index in [2.05, 4.69) is 9.97 Å². The zero-order valence-electron chi connectivity index (χ0n) is 9.53. The van der Waals surface area contributed by atoms with Crippen molar-refractivity contribution in [1.82, 2.24) is 9.97 Å². The molecule has 0 fully saturated rings. The number of hydrogen-bond acceptors (Lipinski definition) is 3. The predicted octanol–water partition coefficient (Wildman–Crippen LogP) is 3.61. The number of aromatic amines is 1. The maximum absolute atomic E-state index is 11.4. The molecule has 3 nitrogen and oxygen atoms in total. The van der Waals surface area contributed by atoms with Gasteiger partial charge in [-0.15, -0.1) is 11.3 Å². The fraction of sp³-hybridized carbons (Fsp3) is 0.0769. The summed E-state index contributed by atoms with van der Waals surface area (Å²) in [4.78, 5) is 19.4. The molecule has 5 heteroatoms. The van der Waals surface area contributed by atoms with E-state index in [1.54, 1.807) is 16.8 Å². The molecule has 0 radical (unpaired) electrons. The summed E-state index contributed by atoms with van der Waals surface area (Å²) in [5.74, 6) is 0. The van der Waals surface area contributed by atoms with Crippen LogP contribution in [0.3, 0.4) is 0 Å². The fourth-order valence-corrected chi connectivity index (χ4v) is 2.85. The van der Waals surface area contributed by atoms with Gasteiger partial charge in [0.2, 0.25) is 5.56 Å². The Balaban J connectivity index is 2.37. The van der Waals surface area contributed by atoms with E-state index in [0.29, 0.717) is 5.02 Å². The van der Waals surface area contributed by atoms with Crippen molar-refractivity contribution in [3.05, 3.63) is 50.8 Å². The van der Waals surface area contributed by atoms with Crippen molar-refractivity contribution >= 4 is 33.8 Å². The quantitative estimate of drug-likeness (QED) is 0.738. The van der Waals surface area contributed by atoms with Crippen molar-refractivity contribution in [2.45, 2.75) is 6.92 Å². The maximum Gasteiger partial charge on any atom is 0.249 e. The van der Waals surface area contributed by atoms with Crippen LogP contribution >= 0.6 is 22.9 Å². The molecule has 1 N–H and O–H groups in total. The minimum atomic E-state index is -0.179. The molecule has 3 aromatic rings. The van der Waals surface area contributed by atoms with Crippen LogP contribution in [0.25, 0.3) is 21.3 Å². The van der Waals surface area contributed by atoms with E-state index < -0.39 is 0 Å². The summed E-state index contributed by atoms with van der Waals surface area (Å²) < 4.78 is 0. The third kappa shape index (κ3) is 1.83. The van der Waals surface area contributed by atoms with Gasteiger partial charge in [-0.2, -0.15) is 0 Å². The molecular formula is C13H9ClN2OS. The summed E-state index contributed by atoms with van der Waals surface area (Å²) in [7, 11) is 0. The van der Waals surface area contributed by atoms with Gasteiger partial charge in [0, 0.05) is 17.6 Å². The molecule has 18 heavy (non-hydrogen) atoms. The van der Waals surface area contributed by atoms with Crippen LogP contribution in [0.5, 0.6) is 0 Å². The monoisotopic (exact) mass is 276 g/mol. The number of fused-ring (bicyclic) bond motifs is 1. The standard InChI is InChI=1S/C13H9ClN2OS/c1-7-2-8(11-5-15-6-18-11)3-9-10(14)4-12(17)16-13(7)9/h2-6H,1H3,(H,16,17). The normalized spacial score (nSPS) is 11.0. The molecule has 0 bridgehead atoms. The lowest BCUT2D eigenvalue weighted by molar-refractivity contribution is 1.28. The van der Waals surface area contributed by atoms with Crippen LogP contribution in [0.15, 0.2) is 34.7 Å². The van der Waals surface area contributed by atoms with Gasteiger partial charge in [-0.1, -0.05) is 11.6 Å². The summed E-state index contributed by atoms with van der Waals surface area (Å²) in [6.07, 6.45) is 1.82. The van der Waals surface area contributed by atoms with Crippen LogP contribution < -0.4 is 5.56 Å². The van der Waals surface area contributed by atoms with Crippen molar-refractivity contribution < 1.29 is 0 Å². The molecule has 90 valence electrons. The Bertz CT molecular complexity index is 778. The summed E-state index contributed by atoms with van der Waals surface area (Å²) in [5, 5.41) is 1.34. The second kappa shape index (κ2) is 4.23. The second-order valence-electron chi connectivity index (χ2n) is 4.06. The highest BCUT2D eigenvalue weighted by Gasteiger charge is 2.08. The third-order valence-corrected chi connectivity index (χ3v) is 3.95. The molecule has 1 aromatic carbocycles. The van der Waals surface area contributed by atoms with Crippen molar-refractivity contribution in [1.29, 1.82) is 0 Å². The van der Waals surface area contributed by atoms with Crippen LogP contribution in [0.4, 0.5) is 0 Å². The molecule has 0 saturated heterocycles. The average Bonchev–Trinajstić information content (AvgIpc) is 2.83. The fourth-order valence-electron chi connectivity index (χ4n) is 1.99. The number of pyridine rings is 1. The van der Waals surface area contributed by atoms with Crippen molar-refractivity contribution in [3.63, 3.8) is 0 Å². The number of hydrogen-bond donors (Lipinski definition) is 1. The van der Waals surface area contributed by atoms with E-state index >= 15 is 0 Å². The van der Waals surface area contributed by atoms with Crippen LogP contribution in [0.1, 0.15) is 5.56 Å². The Morgan fingerprint density at radius 3 is 2.89 bits per heavy atom. The van der Waals surface area contributed by atoms with E-state index in [9.17, 15) is 4.79 Å². The van der Waals surface area contributed by atoms with Crippen molar-refractivity contribution in [2.75, 3.05) is 0 Å². The molecule has 0 atom stereocenters. The van der Waals surface area contributed by atoms with Crippen LogP contribution in [0.2, 0.25) is 5.02 Å². The first-order valence-corrected chi connectivity index (χ1v) is 6.63. The smallest absolute Gasteiger partial charge is 0.249 e. The lowest BCUT2D eigenvalue weighted by Gasteiger charge is -2.06. The highest BCUT2D eigenvalue weighted by atomic mass is 35.5. The average molecular weight is 277 g/mol. The molecule has 0 unspecified atom stereocenters. The maximum atomic E-state index is 11.4. The molecule has 0 aliphatic heterocycles. The van der Waals surface area contributed by atoms with Crippen LogP contribution in [-0.4, -0.2) is 9.97 Å². The van der Waals surface area contributed by atoms with Gasteiger partial charge in [0.25, 0.3) is 0 Å². The lowest BCUT2D eigenvalue weighted by Crippen LogP contribution is -2.04. The Kier molecular flexibility index (Phi) is 2.69. The minimum Gasteiger partial charge on any atom is -0.322 e. The van der Waals surface area contributed by atoms with Crippen molar-refractivity contribution in [3.8, 4) is 10.4 Å². The first-order valence-electron chi connectivity index (χ1n) is 5.37. The Morgan fingerprint density at radius 1 is 1.33 bits per heavy atom. The first kappa shape index (κ1) is 11.4. The van der Waals surface area contributed by atoms with Gasteiger partial charge in [0.15, 0.2) is 0 Å². The molecule has 0 spiro atoms. The number of aryl methyl sites for hydroxylation is 1. The molecule has 0 aliphatic carbocycles. The molecule has 0 saturated carbocycles. The summed E-state index contributed by atoms with van der Waals surface area (Å²) in [6, 6.07) is 5.41. The summed E-state index contributed by atoms with van der Waals surface area (Å²) in [6.45, 7) is 1.96. The number of thiazole rings is 1. The molecule has 2 aromatic heterocycles. The Labute approximate surface area is 112 Å². The van der Waals surface area contributed by atoms with Crippen molar-refractivity contribution in [2.24, 2.45) is 0 Å². The number of rotatable bonds is 1. The van der Waals surface area contributed by atoms with E-state index in [0.717, 1.165) is 26.9 Å². The topological polar surface area (TPSA) is 45.8 Å². The molecular weight excluding hydrogens is 268 g/mol. The number of benzene rings is 1. The lowest BCUT2D eigenvalue weighted by atomic mass is 10.1. The SMILES string of the molecule is Cc1cc(-c2cncs2)cc2c(Cl)cc(=O)[nH]c12. The molecule has 3 rings (SSSR count). The zero-order chi connectivity index (χ0) is 12.7. The number of nitrogens with one attached hydrogen (secondary N) is 1. The summed E-state index contributed by atoms with van der Waals surface area (Å²) >= 11 is 7.71. The van der Waals surface area contributed by atoms with Gasteiger partial charge in [0.1, 0.15) is 0 Å². The summed E-state index contributed by atoms with van der Waals surface area (Å²) in [5.41, 5.74) is 4.47. The minimum absolute atomic E-state index is 0.179. The van der Waals surface area contributed by atoms with E-state index in [4.69, 9.17) is 11.6 Å². The highest BCUT2D eigenvalue weighted by Crippen LogP contribution is 2.31. The highest BCUT2D eigenvalue weighted by molar-refractivity contribution is 7.13. The van der Waals surface area contributed by atoms with E-state index in [1.165, 1.54) is 6.07 Å². The second-order valence-corrected chi connectivity index (χ2v) is 5.36. The van der Waals surface area contributed by atoms with Crippen LogP contribution in [-0.2, 0) is 0 Å². The third-order valence-electron chi connectivity index (χ3n) is 2.82. The number of halogens is 1. The van der Waals surface area contributed by atoms with Gasteiger partial charge < -0.3 is 4.98 Å². The predicted molar refractivity (Wildman–Crippen MR) is 75.4 cm³/mol. The van der Waals surface area contributed by atoms with Gasteiger partial charge >= 0.3 is 0 Å². The first-order chi connectivity index (χ1) is 8.65. The molecule has 2 heterocycles. The van der Waals surface area contributed by atoms with Crippen LogP contribution in [0, 0.1) is 6.92 Å². The van der Waals surface area contributed by atoms with Gasteiger partial charge in [0.05, 0.1) is 20.9 Å². The molecule has 0 amide bonds. The zero-order valence-corrected chi connectivity index (χ0v) is 11.1. The van der Waals surface area contributed by atoms with Gasteiger partial charge in [-0.3, -0.25) is 9.78 Å².